The van der Waals surface area contributed by atoms with Gasteiger partial charge in [0.25, 0.3) is 0 Å². The van der Waals surface area contributed by atoms with Gasteiger partial charge in [0.15, 0.2) is 0 Å². The zero-order chi connectivity index (χ0) is 14.6. The maximum Gasteiger partial charge on any atom is 0.250 e. The number of hydrogen-bond donors (Lipinski definition) is 2. The minimum atomic E-state index is -0.234. The first-order chi connectivity index (χ1) is 9.74. The van der Waals surface area contributed by atoms with Crippen molar-refractivity contribution >= 4 is 17.3 Å². The number of nitrogens with two attached hydrogens (primary N) is 1. The summed E-state index contributed by atoms with van der Waals surface area (Å²) in [5, 5.41) is 2.68. The van der Waals surface area contributed by atoms with Crippen LogP contribution in [0.3, 0.4) is 0 Å². The summed E-state index contributed by atoms with van der Waals surface area (Å²) in [5.41, 5.74) is 6.84. The Labute approximate surface area is 119 Å². The smallest absolute Gasteiger partial charge is 0.250 e. The number of hydrogen-bond acceptors (Lipinski definition) is 5. The lowest BCUT2D eigenvalue weighted by atomic mass is 10.3. The number of ether oxygens (including phenoxy) is 3. The maximum absolute atomic E-state index is 11.6. The average molecular weight is 282 g/mol. The molecule has 1 amide bonds. The molecule has 0 atom stereocenters. The molecule has 0 aliphatic heterocycles. The molecule has 1 aromatic carbocycles. The number of nitrogen functional groups attached to an aromatic ring is 1. The zero-order valence-electron chi connectivity index (χ0n) is 11.8. The van der Waals surface area contributed by atoms with E-state index in [1.54, 1.807) is 25.3 Å². The summed E-state index contributed by atoms with van der Waals surface area (Å²) in [4.78, 5) is 11.6. The van der Waals surface area contributed by atoms with Crippen LogP contribution >= 0.6 is 0 Å². The molecule has 0 fully saturated rings. The molecule has 3 N–H and O–H groups in total. The SMILES string of the molecule is COCCCOCCOCC(=O)Nc1ccccc1N. The van der Waals surface area contributed by atoms with Gasteiger partial charge in [0.1, 0.15) is 6.61 Å². The number of carbonyl (C=O) groups excluding carboxylic acids is 1. The Morgan fingerprint density at radius 1 is 1.15 bits per heavy atom. The molecule has 6 heteroatoms. The third-order valence-corrected chi connectivity index (χ3v) is 2.48. The van der Waals surface area contributed by atoms with Gasteiger partial charge >= 0.3 is 0 Å². The van der Waals surface area contributed by atoms with E-state index in [4.69, 9.17) is 19.9 Å². The molecular weight excluding hydrogens is 260 g/mol. The van der Waals surface area contributed by atoms with Crippen LogP contribution in [0.15, 0.2) is 24.3 Å². The van der Waals surface area contributed by atoms with Crippen molar-refractivity contribution in [3.63, 3.8) is 0 Å². The number of para-hydroxylation sites is 2. The molecule has 20 heavy (non-hydrogen) atoms. The summed E-state index contributed by atoms with van der Waals surface area (Å²) >= 11 is 0. The van der Waals surface area contributed by atoms with Gasteiger partial charge in [-0.25, -0.2) is 0 Å². The van der Waals surface area contributed by atoms with Crippen LogP contribution in [0.4, 0.5) is 11.4 Å². The minimum absolute atomic E-state index is 0.0181. The first-order valence-electron chi connectivity index (χ1n) is 6.53. The lowest BCUT2D eigenvalue weighted by Crippen LogP contribution is -2.20. The van der Waals surface area contributed by atoms with Crippen molar-refractivity contribution in [1.82, 2.24) is 0 Å². The predicted octanol–water partition coefficient (Wildman–Crippen LogP) is 1.28. The number of benzene rings is 1. The quantitative estimate of drug-likeness (QED) is 0.499. The van der Waals surface area contributed by atoms with Crippen LogP contribution < -0.4 is 11.1 Å². The van der Waals surface area contributed by atoms with E-state index < -0.39 is 0 Å². The number of amides is 1. The van der Waals surface area contributed by atoms with E-state index in [2.05, 4.69) is 5.32 Å². The summed E-state index contributed by atoms with van der Waals surface area (Å²) < 4.78 is 15.4. The van der Waals surface area contributed by atoms with Crippen LogP contribution in [0.25, 0.3) is 0 Å². The predicted molar refractivity (Wildman–Crippen MR) is 77.6 cm³/mol. The summed E-state index contributed by atoms with van der Waals surface area (Å²) in [6.45, 7) is 2.14. The van der Waals surface area contributed by atoms with Gasteiger partial charge in [-0.3, -0.25) is 4.79 Å². The Hall–Kier alpha value is -1.63. The highest BCUT2D eigenvalue weighted by Gasteiger charge is 2.04. The molecule has 112 valence electrons. The van der Waals surface area contributed by atoms with Crippen molar-refractivity contribution < 1.29 is 19.0 Å². The minimum Gasteiger partial charge on any atom is -0.397 e. The second-order valence-corrected chi connectivity index (χ2v) is 4.15. The topological polar surface area (TPSA) is 82.8 Å². The standard InChI is InChI=1S/C14H22N2O4/c1-18-7-4-8-19-9-10-20-11-14(17)16-13-6-3-2-5-12(13)15/h2-3,5-6H,4,7-11,15H2,1H3,(H,16,17). The van der Waals surface area contributed by atoms with E-state index in [1.165, 1.54) is 0 Å². The number of anilines is 2. The molecule has 1 rings (SSSR count). The molecule has 1 aromatic rings. The molecule has 0 radical (unpaired) electrons. The van der Waals surface area contributed by atoms with Gasteiger partial charge in [0.2, 0.25) is 5.91 Å². The van der Waals surface area contributed by atoms with Crippen molar-refractivity contribution in [2.24, 2.45) is 0 Å². The van der Waals surface area contributed by atoms with Gasteiger partial charge in [0.05, 0.1) is 24.6 Å². The van der Waals surface area contributed by atoms with Crippen molar-refractivity contribution in [2.75, 3.05) is 51.2 Å². The second-order valence-electron chi connectivity index (χ2n) is 4.15. The van der Waals surface area contributed by atoms with Gasteiger partial charge in [0, 0.05) is 20.3 Å². The van der Waals surface area contributed by atoms with Gasteiger partial charge in [-0.05, 0) is 18.6 Å². The Balaban J connectivity index is 2.05. The monoisotopic (exact) mass is 282 g/mol. The van der Waals surface area contributed by atoms with Gasteiger partial charge in [-0.1, -0.05) is 12.1 Å². The van der Waals surface area contributed by atoms with E-state index in [-0.39, 0.29) is 12.5 Å². The first-order valence-corrected chi connectivity index (χ1v) is 6.53. The summed E-state index contributed by atoms with van der Waals surface area (Å²) in [6.07, 6.45) is 0.851. The molecule has 0 aliphatic carbocycles. The van der Waals surface area contributed by atoms with Gasteiger partial charge in [-0.2, -0.15) is 0 Å². The summed E-state index contributed by atoms with van der Waals surface area (Å²) in [5.74, 6) is -0.234. The molecule has 0 saturated carbocycles. The van der Waals surface area contributed by atoms with Gasteiger partial charge in [-0.15, -0.1) is 0 Å². The largest absolute Gasteiger partial charge is 0.397 e. The van der Waals surface area contributed by atoms with Crippen molar-refractivity contribution in [2.45, 2.75) is 6.42 Å². The molecule has 6 nitrogen and oxygen atoms in total. The molecule has 0 heterocycles. The number of nitrogens with one attached hydrogen (secondary N) is 1. The molecule has 0 bridgehead atoms. The van der Waals surface area contributed by atoms with Crippen LogP contribution in [-0.2, 0) is 19.0 Å². The number of rotatable bonds is 10. The van der Waals surface area contributed by atoms with Crippen LogP contribution in [-0.4, -0.2) is 46.1 Å². The Bertz CT molecular complexity index is 399. The van der Waals surface area contributed by atoms with E-state index in [0.717, 1.165) is 6.42 Å². The van der Waals surface area contributed by atoms with E-state index in [9.17, 15) is 4.79 Å². The molecule has 0 saturated heterocycles. The van der Waals surface area contributed by atoms with Crippen molar-refractivity contribution in [3.8, 4) is 0 Å². The highest BCUT2D eigenvalue weighted by molar-refractivity contribution is 5.94. The van der Waals surface area contributed by atoms with Gasteiger partial charge < -0.3 is 25.3 Å². The molecule has 0 aliphatic rings. The zero-order valence-corrected chi connectivity index (χ0v) is 11.8. The van der Waals surface area contributed by atoms with Crippen LogP contribution in [0, 0.1) is 0 Å². The molecule has 0 spiro atoms. The summed E-state index contributed by atoms with van der Waals surface area (Å²) in [7, 11) is 1.65. The molecular formula is C14H22N2O4. The van der Waals surface area contributed by atoms with Crippen LogP contribution in [0.2, 0.25) is 0 Å². The van der Waals surface area contributed by atoms with E-state index in [1.807, 2.05) is 6.07 Å². The van der Waals surface area contributed by atoms with E-state index in [0.29, 0.717) is 37.8 Å². The molecule has 0 unspecified atom stereocenters. The van der Waals surface area contributed by atoms with Crippen LogP contribution in [0.1, 0.15) is 6.42 Å². The van der Waals surface area contributed by atoms with E-state index >= 15 is 0 Å². The molecule has 0 aromatic heterocycles. The Morgan fingerprint density at radius 3 is 2.65 bits per heavy atom. The van der Waals surface area contributed by atoms with Crippen LogP contribution in [0.5, 0.6) is 0 Å². The lowest BCUT2D eigenvalue weighted by molar-refractivity contribution is -0.121. The lowest BCUT2D eigenvalue weighted by Gasteiger charge is -2.08. The first kappa shape index (κ1) is 16.4. The van der Waals surface area contributed by atoms with Crippen molar-refractivity contribution in [1.29, 1.82) is 0 Å². The Morgan fingerprint density at radius 2 is 1.90 bits per heavy atom. The number of carbonyl (C=O) groups is 1. The number of methoxy groups -OCH3 is 1. The highest BCUT2D eigenvalue weighted by Crippen LogP contribution is 2.16. The Kier molecular flexibility index (Phi) is 8.37. The highest BCUT2D eigenvalue weighted by atomic mass is 16.5. The fourth-order valence-corrected chi connectivity index (χ4v) is 1.49. The third kappa shape index (κ3) is 7.08. The third-order valence-electron chi connectivity index (χ3n) is 2.48. The fourth-order valence-electron chi connectivity index (χ4n) is 1.49. The second kappa shape index (κ2) is 10.2. The normalized spacial score (nSPS) is 10.4. The summed E-state index contributed by atoms with van der Waals surface area (Å²) in [6, 6.07) is 7.08. The fraction of sp³-hybridized carbons (Fsp3) is 0.500. The average Bonchev–Trinajstić information content (AvgIpc) is 2.44. The van der Waals surface area contributed by atoms with Crippen molar-refractivity contribution in [3.05, 3.63) is 24.3 Å². The maximum atomic E-state index is 11.6.